The van der Waals surface area contributed by atoms with Gasteiger partial charge in [-0.25, -0.2) is 4.99 Å². The minimum Gasteiger partial charge on any atom is -0.487 e. The molecule has 0 amide bonds. The second-order valence-corrected chi connectivity index (χ2v) is 13.9. The summed E-state index contributed by atoms with van der Waals surface area (Å²) in [6.45, 7) is 13.8. The summed E-state index contributed by atoms with van der Waals surface area (Å²) in [5, 5.41) is 8.02. The Bertz CT molecular complexity index is 1730. The van der Waals surface area contributed by atoms with Gasteiger partial charge in [0.05, 0.1) is 16.6 Å². The van der Waals surface area contributed by atoms with E-state index in [0.717, 1.165) is 61.3 Å². The van der Waals surface area contributed by atoms with E-state index in [1.54, 1.807) is 16.8 Å². The maximum absolute atomic E-state index is 14.0. The van der Waals surface area contributed by atoms with Crippen molar-refractivity contribution >= 4 is 49.7 Å². The van der Waals surface area contributed by atoms with Crippen molar-refractivity contribution in [1.29, 1.82) is 0 Å². The minimum absolute atomic E-state index is 0.147. The third kappa shape index (κ3) is 12.6. The van der Waals surface area contributed by atoms with Gasteiger partial charge in [0.25, 0.3) is 0 Å². The maximum atomic E-state index is 14.0. The monoisotopic (exact) mass is 757 g/mol. The van der Waals surface area contributed by atoms with E-state index in [-0.39, 0.29) is 18.2 Å². The molecule has 1 saturated heterocycles. The second kappa shape index (κ2) is 20.1. The summed E-state index contributed by atoms with van der Waals surface area (Å²) in [5.74, 6) is 1.21. The van der Waals surface area contributed by atoms with E-state index < -0.39 is 11.7 Å². The Morgan fingerprint density at radius 1 is 1.10 bits per heavy atom. The summed E-state index contributed by atoms with van der Waals surface area (Å²) in [4.78, 5) is 13.7. The molecular formula is C39H52ClF3N7OP. The fourth-order valence-electron chi connectivity index (χ4n) is 5.93. The number of piperazine rings is 1. The molecule has 1 aromatic heterocycles. The van der Waals surface area contributed by atoms with Gasteiger partial charge >= 0.3 is 6.18 Å². The number of hydrogen-bond acceptors (Lipinski definition) is 5. The van der Waals surface area contributed by atoms with E-state index in [9.17, 15) is 13.2 Å². The van der Waals surface area contributed by atoms with Crippen LogP contribution in [-0.2, 0) is 19.3 Å². The number of nitrogens with one attached hydrogen (secondary N) is 2. The Balaban J connectivity index is 0.00000297. The van der Waals surface area contributed by atoms with Crippen LogP contribution in [-0.4, -0.2) is 78.9 Å². The van der Waals surface area contributed by atoms with E-state index in [0.29, 0.717) is 41.9 Å². The fourth-order valence-corrected chi connectivity index (χ4v) is 6.49. The van der Waals surface area contributed by atoms with Crippen LogP contribution < -0.4 is 20.7 Å². The molecule has 0 bridgehead atoms. The zero-order valence-electron chi connectivity index (χ0n) is 30.8. The molecule has 13 heteroatoms. The van der Waals surface area contributed by atoms with Gasteiger partial charge in [-0.05, 0) is 86.1 Å². The molecule has 1 fully saturated rings. The number of amidine groups is 1. The Kier molecular flexibility index (Phi) is 16.0. The highest BCUT2D eigenvalue weighted by atomic mass is 35.5. The number of benzene rings is 2. The fraction of sp³-hybridized carbons (Fsp3) is 0.436. The number of allylic oxidation sites excluding steroid dienone is 3. The van der Waals surface area contributed by atoms with E-state index in [2.05, 4.69) is 46.7 Å². The highest BCUT2D eigenvalue weighted by Crippen LogP contribution is 2.34. The summed E-state index contributed by atoms with van der Waals surface area (Å²) >= 11 is 6.49. The van der Waals surface area contributed by atoms with Gasteiger partial charge in [-0.3, -0.25) is 9.89 Å². The zero-order chi connectivity index (χ0) is 37.7. The number of ether oxygens (including phenoxy) is 1. The van der Waals surface area contributed by atoms with Crippen molar-refractivity contribution in [2.45, 2.75) is 65.9 Å². The van der Waals surface area contributed by atoms with Crippen LogP contribution in [0.2, 0.25) is 5.02 Å². The molecule has 2 unspecified atom stereocenters. The predicted octanol–water partition coefficient (Wildman–Crippen LogP) is 8.11. The van der Waals surface area contributed by atoms with E-state index in [1.165, 1.54) is 12.5 Å². The Labute approximate surface area is 314 Å². The molecule has 0 spiro atoms. The molecule has 0 saturated carbocycles. The molecular weight excluding hydrogens is 706 g/mol. The topological polar surface area (TPSA) is 69.4 Å². The normalized spacial score (nSPS) is 17.7. The standard InChI is InChI=1S/C37H46ClF3N7OP.C2H6/c1-26-18-31(48-22-29(33(23-48)37(39,40)41)21-42-12-13-47-16-14-46(3)15-17-47)7-5-9-35(26)44-25-43-27(2)45-30-10-11-36(34(38)20-30)49-24-28-6-4-8-32(50)19-28;1-2/h4,6-8,10-11,18-20,22-23,25,35,42H,5,9,12-17,21,24,50H2,1-3H3,(H,43,44,45);1-2H3. The number of alkyl halides is 3. The Hall–Kier alpha value is -3.47. The molecule has 2 N–H and O–H groups in total. The molecule has 2 heterocycles. The molecule has 52 heavy (non-hydrogen) atoms. The summed E-state index contributed by atoms with van der Waals surface area (Å²) in [6, 6.07) is 13.4. The molecule has 2 atom stereocenters. The lowest BCUT2D eigenvalue weighted by Crippen LogP contribution is -2.46. The minimum atomic E-state index is -4.44. The highest BCUT2D eigenvalue weighted by molar-refractivity contribution is 7.27. The predicted molar refractivity (Wildman–Crippen MR) is 214 cm³/mol. The van der Waals surface area contributed by atoms with Gasteiger partial charge in [-0.1, -0.05) is 49.7 Å². The van der Waals surface area contributed by atoms with Crippen molar-refractivity contribution in [1.82, 2.24) is 19.7 Å². The van der Waals surface area contributed by atoms with Crippen molar-refractivity contribution in [2.75, 3.05) is 51.6 Å². The molecule has 5 rings (SSSR count). The number of anilines is 1. The van der Waals surface area contributed by atoms with Gasteiger partial charge in [-0.2, -0.15) is 13.2 Å². The number of likely N-dealkylation sites (N-methyl/N-ethyl adjacent to an activating group) is 1. The van der Waals surface area contributed by atoms with Crippen LogP contribution in [0.5, 0.6) is 5.75 Å². The van der Waals surface area contributed by atoms with Gasteiger partial charge < -0.3 is 24.8 Å². The van der Waals surface area contributed by atoms with Crippen molar-refractivity contribution in [3.05, 3.63) is 94.3 Å². The summed E-state index contributed by atoms with van der Waals surface area (Å²) in [7, 11) is 4.78. The van der Waals surface area contributed by atoms with Gasteiger partial charge in [0.2, 0.25) is 0 Å². The molecule has 282 valence electrons. The largest absolute Gasteiger partial charge is 0.487 e. The van der Waals surface area contributed by atoms with E-state index >= 15 is 0 Å². The number of halogens is 4. The smallest absolute Gasteiger partial charge is 0.418 e. The quantitative estimate of drug-likeness (QED) is 0.0846. The first-order valence-electron chi connectivity index (χ1n) is 17.8. The van der Waals surface area contributed by atoms with Crippen molar-refractivity contribution in [3.8, 4) is 5.75 Å². The molecule has 0 radical (unpaired) electrons. The number of hydrogen-bond donors (Lipinski definition) is 2. The van der Waals surface area contributed by atoms with Gasteiger partial charge in [0, 0.05) is 69.6 Å². The first-order chi connectivity index (χ1) is 24.9. The lowest BCUT2D eigenvalue weighted by molar-refractivity contribution is -0.138. The number of nitrogens with zero attached hydrogens (tertiary/aromatic N) is 5. The lowest BCUT2D eigenvalue weighted by Gasteiger charge is -2.32. The second-order valence-electron chi connectivity index (χ2n) is 12.8. The van der Waals surface area contributed by atoms with Crippen LogP contribution in [0.3, 0.4) is 0 Å². The van der Waals surface area contributed by atoms with Crippen molar-refractivity contribution < 1.29 is 17.9 Å². The molecule has 2 aliphatic rings. The number of aromatic nitrogens is 1. The summed E-state index contributed by atoms with van der Waals surface area (Å²) < 4.78 is 49.6. The van der Waals surface area contributed by atoms with Crippen LogP contribution in [0, 0.1) is 0 Å². The van der Waals surface area contributed by atoms with Gasteiger partial charge in [0.1, 0.15) is 24.5 Å². The SMILES string of the molecule is CC.CC1=CC(n2cc(CNCCN3CCN(C)CC3)c(C(F)(F)F)c2)=CCCC1N=CN=C(C)Nc1ccc(OCc2cccc(P)c2)c(Cl)c1. The van der Waals surface area contributed by atoms with Gasteiger partial charge in [-0.15, -0.1) is 9.24 Å². The average Bonchev–Trinajstić information content (AvgIpc) is 3.46. The van der Waals surface area contributed by atoms with Crippen molar-refractivity contribution in [3.63, 3.8) is 0 Å². The molecule has 1 aliphatic heterocycles. The summed E-state index contributed by atoms with van der Waals surface area (Å²) in [5.41, 5.74) is 3.10. The maximum Gasteiger partial charge on any atom is 0.418 e. The molecule has 2 aromatic carbocycles. The van der Waals surface area contributed by atoms with E-state index in [4.69, 9.17) is 16.3 Å². The van der Waals surface area contributed by atoms with Gasteiger partial charge in [0.15, 0.2) is 0 Å². The van der Waals surface area contributed by atoms with Crippen LogP contribution in [0.25, 0.3) is 5.70 Å². The Morgan fingerprint density at radius 2 is 1.87 bits per heavy atom. The van der Waals surface area contributed by atoms with Crippen LogP contribution in [0.4, 0.5) is 18.9 Å². The number of rotatable bonds is 12. The molecule has 8 nitrogen and oxygen atoms in total. The number of aliphatic imine (C=N–C) groups is 2. The van der Waals surface area contributed by atoms with E-state index in [1.807, 2.05) is 76.2 Å². The highest BCUT2D eigenvalue weighted by Gasteiger charge is 2.35. The summed E-state index contributed by atoms with van der Waals surface area (Å²) in [6.07, 6.45) is 5.15. The molecule has 3 aromatic rings. The van der Waals surface area contributed by atoms with Crippen LogP contribution >= 0.6 is 20.8 Å². The van der Waals surface area contributed by atoms with Crippen molar-refractivity contribution in [2.24, 2.45) is 9.98 Å². The Morgan fingerprint density at radius 3 is 2.58 bits per heavy atom. The first-order valence-corrected chi connectivity index (χ1v) is 18.8. The first kappa shape index (κ1) is 41.3. The third-order valence-corrected chi connectivity index (χ3v) is 9.48. The third-order valence-electron chi connectivity index (χ3n) is 8.82. The molecule has 1 aliphatic carbocycles. The average molecular weight is 758 g/mol. The zero-order valence-corrected chi connectivity index (χ0v) is 32.7. The lowest BCUT2D eigenvalue weighted by atomic mass is 10.1. The van der Waals surface area contributed by atoms with Crippen LogP contribution in [0.1, 0.15) is 57.2 Å². The van der Waals surface area contributed by atoms with Crippen LogP contribution in [0.15, 0.2) is 82.6 Å².